The zero-order chi connectivity index (χ0) is 28.3. The van der Waals surface area contributed by atoms with Crippen molar-refractivity contribution in [2.45, 2.75) is 24.2 Å². The number of para-hydroxylation sites is 1. The summed E-state index contributed by atoms with van der Waals surface area (Å²) in [7, 11) is -1.62. The number of hydrogen-bond acceptors (Lipinski definition) is 8. The largest absolute Gasteiger partial charge is 0.379 e. The van der Waals surface area contributed by atoms with Crippen LogP contribution in [-0.2, 0) is 24.9 Å². The van der Waals surface area contributed by atoms with Crippen molar-refractivity contribution in [3.8, 4) is 0 Å². The molecule has 2 N–H and O–H groups in total. The fourth-order valence-electron chi connectivity index (χ4n) is 5.45. The number of sulfonamides is 1. The van der Waals surface area contributed by atoms with Gasteiger partial charge in [-0.25, -0.2) is 8.42 Å². The lowest BCUT2D eigenvalue weighted by Gasteiger charge is -2.31. The first-order chi connectivity index (χ1) is 19.2. The Morgan fingerprint density at radius 3 is 2.38 bits per heavy atom. The number of hydrazone groups is 1. The number of rotatable bonds is 6. The number of anilines is 3. The molecule has 0 amide bonds. The quantitative estimate of drug-likeness (QED) is 0.302. The number of likely N-dealkylation sites (N-methyl/N-ethyl adjacent to an activating group) is 1. The van der Waals surface area contributed by atoms with Gasteiger partial charge in [-0.1, -0.05) is 32.0 Å². The maximum atomic E-state index is 13.3. The van der Waals surface area contributed by atoms with Crippen LogP contribution in [0.1, 0.15) is 19.4 Å². The third kappa shape index (κ3) is 5.72. The molecule has 5 rings (SSSR count). The summed E-state index contributed by atoms with van der Waals surface area (Å²) in [5.74, 6) is 0. The number of fused-ring (bicyclic) bond motifs is 1. The predicted molar refractivity (Wildman–Crippen MR) is 163 cm³/mol. The maximum absolute atomic E-state index is 13.3. The van der Waals surface area contributed by atoms with Gasteiger partial charge in [-0.3, -0.25) is 5.43 Å². The highest BCUT2D eigenvalue weighted by molar-refractivity contribution is 7.89. The van der Waals surface area contributed by atoms with Crippen molar-refractivity contribution >= 4 is 50.6 Å². The molecule has 0 aromatic heterocycles. The average molecular weight is 585 g/mol. The lowest BCUT2D eigenvalue weighted by Crippen LogP contribution is -2.40. The van der Waals surface area contributed by atoms with E-state index >= 15 is 0 Å². The van der Waals surface area contributed by atoms with Crippen LogP contribution < -0.4 is 20.5 Å². The first kappa shape index (κ1) is 28.5. The fourth-order valence-corrected chi connectivity index (χ4v) is 7.04. The van der Waals surface area contributed by atoms with Crippen molar-refractivity contribution in [1.82, 2.24) is 9.73 Å². The van der Waals surface area contributed by atoms with E-state index in [2.05, 4.69) is 64.7 Å². The second kappa shape index (κ2) is 11.8. The lowest BCUT2D eigenvalue weighted by molar-refractivity contribution is 0.0730. The Morgan fingerprint density at radius 1 is 1.00 bits per heavy atom. The summed E-state index contributed by atoms with van der Waals surface area (Å²) in [6, 6.07) is 13.5. The van der Waals surface area contributed by atoms with Crippen LogP contribution in [0.25, 0.3) is 0 Å². The Bertz CT molecular complexity index is 1410. The molecule has 0 aliphatic carbocycles. The molecule has 3 aliphatic rings. The molecule has 12 heteroatoms. The summed E-state index contributed by atoms with van der Waals surface area (Å²) in [5, 5.41) is 7.76. The Kier molecular flexibility index (Phi) is 8.43. The molecular formula is C28H36N6O4S2. The lowest BCUT2D eigenvalue weighted by atomic mass is 9.84. The van der Waals surface area contributed by atoms with Crippen LogP contribution in [0.4, 0.5) is 17.1 Å². The number of allylic oxidation sites excluding steroid dienone is 2. The zero-order valence-corrected chi connectivity index (χ0v) is 24.7. The van der Waals surface area contributed by atoms with Crippen molar-refractivity contribution in [3.63, 3.8) is 0 Å². The summed E-state index contributed by atoms with van der Waals surface area (Å²) in [6.07, 6.45) is 3.67. The van der Waals surface area contributed by atoms with Gasteiger partial charge in [-0.05, 0) is 48.1 Å². The SMILES string of the molecule is CN1/C(=C\C=N\NC(=S)Nc2cc(S(=O)(=O)N3CCOCC3)ccc2N2CCOCC2)C(C)(C)c2ccccc21. The number of benzene rings is 2. The predicted octanol–water partition coefficient (Wildman–Crippen LogP) is 3.13. The van der Waals surface area contributed by atoms with Crippen molar-refractivity contribution in [1.29, 1.82) is 0 Å². The van der Waals surface area contributed by atoms with Crippen molar-refractivity contribution in [2.75, 3.05) is 74.8 Å². The topological polar surface area (TPSA) is 98.7 Å². The number of thiocarbonyl (C=S) groups is 1. The van der Waals surface area contributed by atoms with Crippen LogP contribution in [0.5, 0.6) is 0 Å². The third-order valence-corrected chi connectivity index (χ3v) is 9.68. The molecule has 0 atom stereocenters. The molecule has 2 aromatic carbocycles. The number of ether oxygens (including phenoxy) is 2. The van der Waals surface area contributed by atoms with Crippen LogP contribution >= 0.6 is 12.2 Å². The van der Waals surface area contributed by atoms with Gasteiger partial charge < -0.3 is 24.6 Å². The van der Waals surface area contributed by atoms with Crippen LogP contribution in [0, 0.1) is 0 Å². The van der Waals surface area contributed by atoms with E-state index in [1.165, 1.54) is 15.6 Å². The van der Waals surface area contributed by atoms with Gasteiger partial charge >= 0.3 is 0 Å². The van der Waals surface area contributed by atoms with Crippen LogP contribution in [0.15, 0.2) is 64.2 Å². The van der Waals surface area contributed by atoms with E-state index in [0.29, 0.717) is 58.3 Å². The Labute approximate surface area is 241 Å². The molecular weight excluding hydrogens is 548 g/mol. The van der Waals surface area contributed by atoms with Crippen molar-refractivity contribution in [3.05, 3.63) is 59.8 Å². The van der Waals surface area contributed by atoms with Gasteiger partial charge in [-0.2, -0.15) is 9.41 Å². The number of nitrogens with zero attached hydrogens (tertiary/aromatic N) is 4. The normalized spacial score (nSPS) is 20.6. The van der Waals surface area contributed by atoms with E-state index in [1.54, 1.807) is 18.3 Å². The minimum Gasteiger partial charge on any atom is -0.379 e. The van der Waals surface area contributed by atoms with Crippen LogP contribution in [0.3, 0.4) is 0 Å². The molecule has 3 heterocycles. The van der Waals surface area contributed by atoms with E-state index in [-0.39, 0.29) is 15.4 Å². The molecule has 2 saturated heterocycles. The van der Waals surface area contributed by atoms with Gasteiger partial charge in [0.25, 0.3) is 0 Å². The summed E-state index contributed by atoms with van der Waals surface area (Å²) >= 11 is 5.55. The van der Waals surface area contributed by atoms with E-state index in [1.807, 2.05) is 18.2 Å². The standard InChI is InChI=1S/C28H36N6O4S2/c1-28(2)22-6-4-5-7-24(22)32(3)26(28)10-11-29-31-27(39)30-23-20-21(40(35,36)34-14-18-38-19-15-34)8-9-25(23)33-12-16-37-17-13-33/h4-11,20H,12-19H2,1-3H3,(H2,30,31,39)/b26-10-,29-11+. The molecule has 2 fully saturated rings. The van der Waals surface area contributed by atoms with Crippen molar-refractivity contribution in [2.24, 2.45) is 5.10 Å². The van der Waals surface area contributed by atoms with Gasteiger partial charge in [0.1, 0.15) is 0 Å². The van der Waals surface area contributed by atoms with Crippen LogP contribution in [0.2, 0.25) is 0 Å². The van der Waals surface area contributed by atoms with Gasteiger partial charge in [0.05, 0.1) is 42.7 Å². The van der Waals surface area contributed by atoms with Crippen molar-refractivity contribution < 1.29 is 17.9 Å². The van der Waals surface area contributed by atoms with E-state index < -0.39 is 10.0 Å². The van der Waals surface area contributed by atoms with E-state index in [0.717, 1.165) is 11.4 Å². The summed E-state index contributed by atoms with van der Waals surface area (Å²) in [5.41, 5.74) is 7.73. The zero-order valence-electron chi connectivity index (χ0n) is 23.1. The number of hydrogen-bond donors (Lipinski definition) is 2. The highest BCUT2D eigenvalue weighted by Crippen LogP contribution is 2.46. The fraction of sp³-hybridized carbons (Fsp3) is 0.429. The minimum atomic E-state index is -3.67. The first-order valence-corrected chi connectivity index (χ1v) is 15.2. The van der Waals surface area contributed by atoms with E-state index in [9.17, 15) is 8.42 Å². The molecule has 2 aromatic rings. The summed E-state index contributed by atoms with van der Waals surface area (Å²) in [6.45, 7) is 8.42. The molecule has 0 unspecified atom stereocenters. The highest BCUT2D eigenvalue weighted by Gasteiger charge is 2.37. The number of nitrogens with one attached hydrogen (secondary N) is 2. The molecule has 40 heavy (non-hydrogen) atoms. The van der Waals surface area contributed by atoms with E-state index in [4.69, 9.17) is 21.7 Å². The van der Waals surface area contributed by atoms with Gasteiger partial charge in [0, 0.05) is 56.2 Å². The average Bonchev–Trinajstić information content (AvgIpc) is 3.16. The third-order valence-electron chi connectivity index (χ3n) is 7.59. The van der Waals surface area contributed by atoms with Crippen LogP contribution in [-0.4, -0.2) is 83.7 Å². The van der Waals surface area contributed by atoms with Gasteiger partial charge in [-0.15, -0.1) is 0 Å². The Hall–Kier alpha value is -3.03. The second-order valence-corrected chi connectivity index (χ2v) is 12.7. The van der Waals surface area contributed by atoms with Gasteiger partial charge in [0.2, 0.25) is 10.0 Å². The smallest absolute Gasteiger partial charge is 0.243 e. The molecule has 0 radical (unpaired) electrons. The summed E-state index contributed by atoms with van der Waals surface area (Å²) in [4.78, 5) is 4.53. The second-order valence-electron chi connectivity index (χ2n) is 10.4. The minimum absolute atomic E-state index is 0.157. The monoisotopic (exact) mass is 584 g/mol. The molecule has 0 saturated carbocycles. The Morgan fingerprint density at radius 2 is 1.68 bits per heavy atom. The molecule has 10 nitrogen and oxygen atoms in total. The molecule has 214 valence electrons. The first-order valence-electron chi connectivity index (χ1n) is 13.4. The summed E-state index contributed by atoms with van der Waals surface area (Å²) < 4.78 is 39.0. The highest BCUT2D eigenvalue weighted by atomic mass is 32.2. The number of morpholine rings is 2. The Balaban J connectivity index is 1.33. The molecule has 0 bridgehead atoms. The maximum Gasteiger partial charge on any atom is 0.243 e. The van der Waals surface area contributed by atoms with Gasteiger partial charge in [0.15, 0.2) is 5.11 Å². The molecule has 3 aliphatic heterocycles. The molecule has 0 spiro atoms.